The Morgan fingerprint density at radius 3 is 2.64 bits per heavy atom. The lowest BCUT2D eigenvalue weighted by Crippen LogP contribution is -2.30. The molecule has 5 rings (SSSR count). The van der Waals surface area contributed by atoms with Crippen LogP contribution in [0.15, 0.2) is 35.5 Å². The number of thiophene rings is 1. The van der Waals surface area contributed by atoms with Crippen LogP contribution in [0.5, 0.6) is 5.75 Å². The van der Waals surface area contributed by atoms with Crippen molar-refractivity contribution in [3.63, 3.8) is 0 Å². The molecular formula is C30H37N5O5S2. The molecule has 0 bridgehead atoms. The zero-order chi connectivity index (χ0) is 29.5. The van der Waals surface area contributed by atoms with Gasteiger partial charge < -0.3 is 24.7 Å². The number of hydrogen-bond donors (Lipinski definition) is 2. The number of aromatic nitrogens is 3. The van der Waals surface area contributed by atoms with E-state index in [2.05, 4.69) is 25.4 Å². The van der Waals surface area contributed by atoms with E-state index in [-0.39, 0.29) is 43.6 Å². The molecule has 2 N–H and O–H groups in total. The Hall–Kier alpha value is -3.38. The van der Waals surface area contributed by atoms with Gasteiger partial charge in [0.05, 0.1) is 24.0 Å². The van der Waals surface area contributed by atoms with Crippen molar-refractivity contribution in [1.82, 2.24) is 20.1 Å². The van der Waals surface area contributed by atoms with Crippen LogP contribution in [0.25, 0.3) is 0 Å². The van der Waals surface area contributed by atoms with Gasteiger partial charge in [0.15, 0.2) is 17.6 Å². The average molecular weight is 612 g/mol. The van der Waals surface area contributed by atoms with E-state index in [4.69, 9.17) is 9.47 Å². The summed E-state index contributed by atoms with van der Waals surface area (Å²) in [4.78, 5) is 39.8. The minimum atomic E-state index is -0.495. The third-order valence-corrected chi connectivity index (χ3v) is 9.78. The lowest BCUT2D eigenvalue weighted by Gasteiger charge is -2.26. The molecule has 12 heteroatoms. The largest absolute Gasteiger partial charge is 0.484 e. The second-order valence-corrected chi connectivity index (χ2v) is 12.9. The van der Waals surface area contributed by atoms with Gasteiger partial charge in [0.1, 0.15) is 10.8 Å². The van der Waals surface area contributed by atoms with Crippen molar-refractivity contribution in [2.75, 3.05) is 18.5 Å². The fraction of sp³-hybridized carbons (Fsp3) is 0.500. The summed E-state index contributed by atoms with van der Waals surface area (Å²) < 4.78 is 13.0. The second-order valence-electron chi connectivity index (χ2n) is 10.5. The van der Waals surface area contributed by atoms with Crippen LogP contribution < -0.4 is 15.4 Å². The number of nitrogens with one attached hydrogen (secondary N) is 2. The highest BCUT2D eigenvalue weighted by Crippen LogP contribution is 2.40. The normalized spacial score (nSPS) is 15.6. The van der Waals surface area contributed by atoms with E-state index in [1.165, 1.54) is 29.5 Å². The lowest BCUT2D eigenvalue weighted by molar-refractivity contribution is -0.123. The number of carbonyl (C=O) groups is 3. The maximum Gasteiger partial charge on any atom is 0.341 e. The SMILES string of the molecule is CCOC(=O)c1c(NC(=O)[C@H](C)Sc2nnc(CNC(=O)COc3ccccc3)n2C2CCCCC2)sc2c1CCC2. The highest BCUT2D eigenvalue weighted by atomic mass is 32.2. The molecule has 2 heterocycles. The molecule has 0 radical (unpaired) electrons. The number of amides is 2. The smallest absolute Gasteiger partial charge is 0.341 e. The molecule has 2 aliphatic carbocycles. The molecule has 1 saturated carbocycles. The van der Waals surface area contributed by atoms with E-state index in [0.717, 1.165) is 55.4 Å². The number of carbonyl (C=O) groups excluding carboxylic acids is 3. The second kappa shape index (κ2) is 14.2. The molecule has 1 atom stereocenters. The third kappa shape index (κ3) is 7.15. The van der Waals surface area contributed by atoms with Crippen LogP contribution in [0.4, 0.5) is 5.00 Å². The summed E-state index contributed by atoms with van der Waals surface area (Å²) in [5.74, 6) is 0.441. The Bertz CT molecular complexity index is 1400. The molecule has 224 valence electrons. The van der Waals surface area contributed by atoms with E-state index in [0.29, 0.717) is 27.3 Å². The standard InChI is InChI=1S/C30H37N5O5S2/c1-3-39-29(38)26-22-15-10-16-23(22)42-28(26)32-27(37)19(2)41-30-34-33-24(35(30)20-11-6-4-7-12-20)17-31-25(36)18-40-21-13-8-5-9-14-21/h5,8-9,13-14,19-20H,3-4,6-7,10-12,15-18H2,1-2H3,(H,31,36)(H,32,37)/t19-/m0/s1. The first kappa shape index (κ1) is 30.1. The number of rotatable bonds is 12. The predicted molar refractivity (Wildman–Crippen MR) is 162 cm³/mol. The highest BCUT2D eigenvalue weighted by Gasteiger charge is 2.30. The Balaban J connectivity index is 1.26. The number of fused-ring (bicyclic) bond motifs is 1. The summed E-state index contributed by atoms with van der Waals surface area (Å²) in [6.07, 6.45) is 8.14. The Morgan fingerprint density at radius 1 is 1.10 bits per heavy atom. The lowest BCUT2D eigenvalue weighted by atomic mass is 9.95. The monoisotopic (exact) mass is 611 g/mol. The zero-order valence-electron chi connectivity index (χ0n) is 24.0. The first-order valence-corrected chi connectivity index (χ1v) is 16.3. The molecule has 3 aromatic rings. The van der Waals surface area contributed by atoms with Crippen LogP contribution in [-0.2, 0) is 33.7 Å². The molecule has 0 spiro atoms. The number of benzene rings is 1. The topological polar surface area (TPSA) is 124 Å². The third-order valence-electron chi connectivity index (χ3n) is 7.52. The van der Waals surface area contributed by atoms with Crippen molar-refractivity contribution in [2.24, 2.45) is 0 Å². The summed E-state index contributed by atoms with van der Waals surface area (Å²) in [7, 11) is 0. The number of para-hydroxylation sites is 1. The van der Waals surface area contributed by atoms with Gasteiger partial charge in [0, 0.05) is 10.9 Å². The fourth-order valence-electron chi connectivity index (χ4n) is 5.45. The summed E-state index contributed by atoms with van der Waals surface area (Å²) >= 11 is 2.81. The quantitative estimate of drug-likeness (QED) is 0.208. The summed E-state index contributed by atoms with van der Waals surface area (Å²) in [6.45, 7) is 4.00. The molecule has 0 unspecified atom stereocenters. The average Bonchev–Trinajstić information content (AvgIpc) is 3.71. The predicted octanol–water partition coefficient (Wildman–Crippen LogP) is 5.32. The van der Waals surface area contributed by atoms with E-state index in [1.54, 1.807) is 19.1 Å². The minimum absolute atomic E-state index is 0.0969. The Labute approximate surface area is 254 Å². The number of hydrogen-bond acceptors (Lipinski definition) is 9. The van der Waals surface area contributed by atoms with Gasteiger partial charge in [-0.15, -0.1) is 21.5 Å². The Kier molecular flexibility index (Phi) is 10.2. The van der Waals surface area contributed by atoms with Crippen LogP contribution in [0, 0.1) is 0 Å². The first-order valence-electron chi connectivity index (χ1n) is 14.6. The number of aryl methyl sites for hydroxylation is 1. The van der Waals surface area contributed by atoms with Crippen molar-refractivity contribution in [3.05, 3.63) is 52.2 Å². The summed E-state index contributed by atoms with van der Waals surface area (Å²) in [5.41, 5.74) is 1.51. The number of esters is 1. The molecule has 0 saturated heterocycles. The molecule has 2 aromatic heterocycles. The first-order chi connectivity index (χ1) is 20.4. The molecule has 1 aromatic carbocycles. The van der Waals surface area contributed by atoms with Gasteiger partial charge in [-0.25, -0.2) is 4.79 Å². The van der Waals surface area contributed by atoms with Crippen LogP contribution in [0.3, 0.4) is 0 Å². The van der Waals surface area contributed by atoms with Crippen LogP contribution in [0.1, 0.15) is 85.0 Å². The van der Waals surface area contributed by atoms with E-state index in [1.807, 2.05) is 25.1 Å². The van der Waals surface area contributed by atoms with Gasteiger partial charge in [-0.05, 0) is 63.6 Å². The maximum atomic E-state index is 13.4. The van der Waals surface area contributed by atoms with Crippen molar-refractivity contribution in [2.45, 2.75) is 88.2 Å². The van der Waals surface area contributed by atoms with Gasteiger partial charge >= 0.3 is 5.97 Å². The minimum Gasteiger partial charge on any atom is -0.484 e. The number of ether oxygens (including phenoxy) is 2. The highest BCUT2D eigenvalue weighted by molar-refractivity contribution is 8.00. The van der Waals surface area contributed by atoms with Gasteiger partial charge in [-0.1, -0.05) is 49.2 Å². The van der Waals surface area contributed by atoms with Crippen LogP contribution in [0.2, 0.25) is 0 Å². The van der Waals surface area contributed by atoms with Gasteiger partial charge in [0.2, 0.25) is 5.91 Å². The number of thioether (sulfide) groups is 1. The van der Waals surface area contributed by atoms with Crippen molar-refractivity contribution < 1.29 is 23.9 Å². The molecule has 1 fully saturated rings. The van der Waals surface area contributed by atoms with Crippen molar-refractivity contribution in [1.29, 1.82) is 0 Å². The van der Waals surface area contributed by atoms with Crippen LogP contribution in [-0.4, -0.2) is 51.0 Å². The van der Waals surface area contributed by atoms with E-state index in [9.17, 15) is 14.4 Å². The van der Waals surface area contributed by atoms with Crippen molar-refractivity contribution >= 4 is 45.9 Å². The van der Waals surface area contributed by atoms with E-state index >= 15 is 0 Å². The molecular weight excluding hydrogens is 574 g/mol. The Morgan fingerprint density at radius 2 is 1.88 bits per heavy atom. The van der Waals surface area contributed by atoms with Gasteiger partial charge in [-0.2, -0.15) is 0 Å². The van der Waals surface area contributed by atoms with Crippen LogP contribution >= 0.6 is 23.1 Å². The van der Waals surface area contributed by atoms with E-state index < -0.39 is 5.25 Å². The molecule has 10 nitrogen and oxygen atoms in total. The maximum absolute atomic E-state index is 13.4. The molecule has 2 aliphatic rings. The summed E-state index contributed by atoms with van der Waals surface area (Å²) in [6, 6.07) is 9.40. The van der Waals surface area contributed by atoms with Gasteiger partial charge in [-0.3, -0.25) is 9.59 Å². The summed E-state index contributed by atoms with van der Waals surface area (Å²) in [5, 5.41) is 15.5. The van der Waals surface area contributed by atoms with Gasteiger partial charge in [0.25, 0.3) is 5.91 Å². The molecule has 0 aliphatic heterocycles. The number of nitrogens with zero attached hydrogens (tertiary/aromatic N) is 3. The number of anilines is 1. The fourth-order valence-corrected chi connectivity index (χ4v) is 7.66. The molecule has 2 amide bonds. The van der Waals surface area contributed by atoms with Crippen molar-refractivity contribution in [3.8, 4) is 5.75 Å². The zero-order valence-corrected chi connectivity index (χ0v) is 25.7. The molecule has 42 heavy (non-hydrogen) atoms.